The SMILES string of the molecule is CC(CCN1CCN(C(C)NS(=O)(=O)c2ccc(Cl)c3ncccc23)CC1)Oc1ccccc1. The quantitative estimate of drug-likeness (QED) is 0.477. The van der Waals surface area contributed by atoms with E-state index in [4.69, 9.17) is 16.3 Å². The third-order valence-electron chi connectivity index (χ3n) is 6.18. The molecule has 2 atom stereocenters. The second kappa shape index (κ2) is 11.0. The third kappa shape index (κ3) is 6.06. The van der Waals surface area contributed by atoms with E-state index in [1.807, 2.05) is 37.3 Å². The molecular formula is C25H31ClN4O3S. The number of sulfonamides is 1. The normalized spacial score (nSPS) is 17.5. The molecule has 0 amide bonds. The number of nitrogens with zero attached hydrogens (tertiary/aromatic N) is 3. The van der Waals surface area contributed by atoms with Gasteiger partial charge in [0.25, 0.3) is 0 Å². The van der Waals surface area contributed by atoms with E-state index in [1.54, 1.807) is 24.4 Å². The molecule has 1 aliphatic rings. The van der Waals surface area contributed by atoms with Gasteiger partial charge in [0.1, 0.15) is 5.75 Å². The molecule has 7 nitrogen and oxygen atoms in total. The van der Waals surface area contributed by atoms with Crippen LogP contribution in [0.4, 0.5) is 0 Å². The highest BCUT2D eigenvalue weighted by atomic mass is 35.5. The second-order valence-electron chi connectivity index (χ2n) is 8.65. The minimum atomic E-state index is -3.74. The lowest BCUT2D eigenvalue weighted by atomic mass is 10.2. The zero-order valence-corrected chi connectivity index (χ0v) is 21.1. The van der Waals surface area contributed by atoms with E-state index in [1.165, 1.54) is 6.07 Å². The Balaban J connectivity index is 1.29. The minimum absolute atomic E-state index is 0.134. The van der Waals surface area contributed by atoms with Crippen molar-refractivity contribution in [3.63, 3.8) is 0 Å². The van der Waals surface area contributed by atoms with Crippen molar-refractivity contribution in [2.24, 2.45) is 0 Å². The summed E-state index contributed by atoms with van der Waals surface area (Å²) in [6, 6.07) is 16.4. The fraction of sp³-hybridized carbons (Fsp3) is 0.400. The molecule has 2 aromatic carbocycles. The molecule has 182 valence electrons. The molecule has 3 aromatic rings. The van der Waals surface area contributed by atoms with Crippen molar-refractivity contribution >= 4 is 32.5 Å². The first-order valence-electron chi connectivity index (χ1n) is 11.6. The number of hydrogen-bond acceptors (Lipinski definition) is 6. The number of halogens is 1. The van der Waals surface area contributed by atoms with Gasteiger partial charge in [0, 0.05) is 44.3 Å². The van der Waals surface area contributed by atoms with Crippen LogP contribution in [0, 0.1) is 0 Å². The smallest absolute Gasteiger partial charge is 0.242 e. The predicted octanol–water partition coefficient (Wildman–Crippen LogP) is 3.99. The highest BCUT2D eigenvalue weighted by molar-refractivity contribution is 7.89. The van der Waals surface area contributed by atoms with Crippen LogP contribution in [0.15, 0.2) is 65.7 Å². The average Bonchev–Trinajstić information content (AvgIpc) is 2.83. The molecule has 9 heteroatoms. The molecule has 1 saturated heterocycles. The van der Waals surface area contributed by atoms with Gasteiger partial charge in [-0.3, -0.25) is 9.88 Å². The summed E-state index contributed by atoms with van der Waals surface area (Å²) in [6.45, 7) is 8.29. The Morgan fingerprint density at radius 1 is 1.03 bits per heavy atom. The number of piperazine rings is 1. The third-order valence-corrected chi connectivity index (χ3v) is 8.07. The van der Waals surface area contributed by atoms with Crippen molar-refractivity contribution in [1.82, 2.24) is 19.5 Å². The molecule has 1 aromatic heterocycles. The standard InChI is InChI=1S/C25H31ClN4O3S/c1-19(33-21-7-4-3-5-8-21)12-14-29-15-17-30(18-16-29)20(2)28-34(31,32)24-11-10-23(26)25-22(24)9-6-13-27-25/h3-11,13,19-20,28H,12,14-18H2,1-2H3. The summed E-state index contributed by atoms with van der Waals surface area (Å²) in [5.41, 5.74) is 0.485. The largest absolute Gasteiger partial charge is 0.491 e. The number of para-hydroxylation sites is 1. The molecule has 0 saturated carbocycles. The first kappa shape index (κ1) is 24.9. The Morgan fingerprint density at radius 2 is 1.76 bits per heavy atom. The van der Waals surface area contributed by atoms with Gasteiger partial charge in [-0.2, -0.15) is 4.72 Å². The van der Waals surface area contributed by atoms with E-state index in [2.05, 4.69) is 26.4 Å². The number of hydrogen-bond donors (Lipinski definition) is 1. The lowest BCUT2D eigenvalue weighted by Crippen LogP contribution is -2.54. The number of rotatable bonds is 9. The van der Waals surface area contributed by atoms with Crippen molar-refractivity contribution in [3.05, 3.63) is 65.8 Å². The summed E-state index contributed by atoms with van der Waals surface area (Å²) < 4.78 is 35.1. The van der Waals surface area contributed by atoms with Crippen molar-refractivity contribution < 1.29 is 13.2 Å². The number of pyridine rings is 1. The number of fused-ring (bicyclic) bond motifs is 1. The monoisotopic (exact) mass is 502 g/mol. The van der Waals surface area contributed by atoms with Gasteiger partial charge in [-0.25, -0.2) is 8.42 Å². The highest BCUT2D eigenvalue weighted by Gasteiger charge is 2.27. The lowest BCUT2D eigenvalue weighted by molar-refractivity contribution is 0.0877. The number of aromatic nitrogens is 1. The van der Waals surface area contributed by atoms with Gasteiger partial charge in [0.2, 0.25) is 10.0 Å². The van der Waals surface area contributed by atoms with E-state index in [0.29, 0.717) is 15.9 Å². The fourth-order valence-electron chi connectivity index (χ4n) is 4.24. The maximum absolute atomic E-state index is 13.2. The second-order valence-corrected chi connectivity index (χ2v) is 10.7. The van der Waals surface area contributed by atoms with Gasteiger partial charge in [0.15, 0.2) is 0 Å². The Hall–Kier alpha value is -2.23. The van der Waals surface area contributed by atoms with Crippen LogP contribution < -0.4 is 9.46 Å². The molecule has 1 fully saturated rings. The first-order chi connectivity index (χ1) is 16.3. The zero-order valence-electron chi connectivity index (χ0n) is 19.5. The Morgan fingerprint density at radius 3 is 2.50 bits per heavy atom. The fourth-order valence-corrected chi connectivity index (χ4v) is 5.88. The summed E-state index contributed by atoms with van der Waals surface area (Å²) in [7, 11) is -3.74. The Kier molecular flexibility index (Phi) is 8.06. The van der Waals surface area contributed by atoms with Crippen LogP contribution in [0.1, 0.15) is 20.3 Å². The van der Waals surface area contributed by atoms with Crippen LogP contribution in [0.2, 0.25) is 5.02 Å². The van der Waals surface area contributed by atoms with Crippen LogP contribution in [-0.4, -0.2) is 68.2 Å². The topological polar surface area (TPSA) is 74.8 Å². The lowest BCUT2D eigenvalue weighted by Gasteiger charge is -2.38. The molecule has 34 heavy (non-hydrogen) atoms. The summed E-state index contributed by atoms with van der Waals surface area (Å²) in [5, 5.41) is 0.952. The van der Waals surface area contributed by atoms with Crippen molar-refractivity contribution in [1.29, 1.82) is 0 Å². The van der Waals surface area contributed by atoms with Crippen LogP contribution in [0.3, 0.4) is 0 Å². The first-order valence-corrected chi connectivity index (χ1v) is 13.4. The van der Waals surface area contributed by atoms with Crippen molar-refractivity contribution in [3.8, 4) is 5.75 Å². The summed E-state index contributed by atoms with van der Waals surface area (Å²) in [4.78, 5) is 8.99. The molecule has 2 unspecified atom stereocenters. The Bertz CT molecular complexity index is 1200. The average molecular weight is 503 g/mol. The van der Waals surface area contributed by atoms with Gasteiger partial charge in [0.05, 0.1) is 27.7 Å². The molecule has 4 rings (SSSR count). The molecule has 1 aliphatic heterocycles. The number of ether oxygens (including phenoxy) is 1. The van der Waals surface area contributed by atoms with Crippen LogP contribution in [0.25, 0.3) is 10.9 Å². The van der Waals surface area contributed by atoms with E-state index < -0.39 is 10.0 Å². The van der Waals surface area contributed by atoms with E-state index in [-0.39, 0.29) is 17.2 Å². The number of nitrogens with one attached hydrogen (secondary N) is 1. The summed E-state index contributed by atoms with van der Waals surface area (Å²) >= 11 is 6.21. The molecule has 0 spiro atoms. The maximum atomic E-state index is 13.2. The molecular weight excluding hydrogens is 472 g/mol. The van der Waals surface area contributed by atoms with E-state index in [9.17, 15) is 8.42 Å². The van der Waals surface area contributed by atoms with Gasteiger partial charge >= 0.3 is 0 Å². The molecule has 0 aliphatic carbocycles. The molecule has 2 heterocycles. The maximum Gasteiger partial charge on any atom is 0.242 e. The van der Waals surface area contributed by atoms with Gasteiger partial charge in [-0.15, -0.1) is 0 Å². The predicted molar refractivity (Wildman–Crippen MR) is 136 cm³/mol. The zero-order chi connectivity index (χ0) is 24.1. The van der Waals surface area contributed by atoms with Gasteiger partial charge in [-0.1, -0.05) is 29.8 Å². The molecule has 0 radical (unpaired) electrons. The van der Waals surface area contributed by atoms with Gasteiger partial charge < -0.3 is 9.64 Å². The number of benzene rings is 2. The van der Waals surface area contributed by atoms with Crippen molar-refractivity contribution in [2.75, 3.05) is 32.7 Å². The van der Waals surface area contributed by atoms with Gasteiger partial charge in [-0.05, 0) is 56.7 Å². The van der Waals surface area contributed by atoms with Crippen LogP contribution >= 0.6 is 11.6 Å². The summed E-state index contributed by atoms with van der Waals surface area (Å²) in [6.07, 6.45) is 2.36. The van der Waals surface area contributed by atoms with E-state index >= 15 is 0 Å². The summed E-state index contributed by atoms with van der Waals surface area (Å²) in [5.74, 6) is 0.894. The highest BCUT2D eigenvalue weighted by Crippen LogP contribution is 2.27. The van der Waals surface area contributed by atoms with E-state index in [0.717, 1.165) is 44.9 Å². The Labute approximate surface area is 206 Å². The molecule has 1 N–H and O–H groups in total. The van der Waals surface area contributed by atoms with Crippen molar-refractivity contribution in [2.45, 2.75) is 37.4 Å². The van der Waals surface area contributed by atoms with Crippen LogP contribution in [0.5, 0.6) is 5.75 Å². The van der Waals surface area contributed by atoms with Crippen LogP contribution in [-0.2, 0) is 10.0 Å². The minimum Gasteiger partial charge on any atom is -0.491 e. The molecule has 0 bridgehead atoms.